The van der Waals surface area contributed by atoms with Crippen molar-refractivity contribution < 1.29 is 14.0 Å². The first-order chi connectivity index (χ1) is 11.9. The molecule has 2 N–H and O–H groups in total. The van der Waals surface area contributed by atoms with Crippen LogP contribution in [0.5, 0.6) is 0 Å². The largest absolute Gasteiger partial charge is 0.324 e. The SMILES string of the molecule is C[C@H](C(=O)Nc1ccccc1F)N(C)CC(=O)Nc1ccccc1Br. The quantitative estimate of drug-likeness (QED) is 0.770. The van der Waals surface area contributed by atoms with Crippen LogP contribution in [0.4, 0.5) is 15.8 Å². The van der Waals surface area contributed by atoms with E-state index in [1.807, 2.05) is 18.2 Å². The minimum absolute atomic E-state index is 0.0210. The summed E-state index contributed by atoms with van der Waals surface area (Å²) in [5, 5.41) is 5.30. The monoisotopic (exact) mass is 407 g/mol. The second-order valence-corrected chi connectivity index (χ2v) is 6.44. The number of nitrogens with one attached hydrogen (secondary N) is 2. The summed E-state index contributed by atoms with van der Waals surface area (Å²) >= 11 is 3.36. The zero-order valence-corrected chi connectivity index (χ0v) is 15.5. The Morgan fingerprint density at radius 3 is 2.32 bits per heavy atom. The summed E-state index contributed by atoms with van der Waals surface area (Å²) in [7, 11) is 1.66. The minimum atomic E-state index is -0.607. The molecule has 0 aromatic heterocycles. The third-order valence-corrected chi connectivity index (χ3v) is 4.40. The molecular weight excluding hydrogens is 389 g/mol. The van der Waals surface area contributed by atoms with Gasteiger partial charge in [-0.3, -0.25) is 14.5 Å². The molecule has 0 bridgehead atoms. The van der Waals surface area contributed by atoms with Gasteiger partial charge in [-0.2, -0.15) is 0 Å². The average Bonchev–Trinajstić information content (AvgIpc) is 2.58. The van der Waals surface area contributed by atoms with E-state index >= 15 is 0 Å². The van der Waals surface area contributed by atoms with Gasteiger partial charge < -0.3 is 10.6 Å². The molecule has 2 aromatic carbocycles. The van der Waals surface area contributed by atoms with Crippen molar-refractivity contribution in [1.82, 2.24) is 4.90 Å². The predicted octanol–water partition coefficient (Wildman–Crippen LogP) is 3.49. The molecule has 0 saturated carbocycles. The lowest BCUT2D eigenvalue weighted by Crippen LogP contribution is -2.43. The van der Waals surface area contributed by atoms with Crippen LogP contribution in [0.15, 0.2) is 53.0 Å². The molecule has 2 aromatic rings. The number of anilines is 2. The summed E-state index contributed by atoms with van der Waals surface area (Å²) in [5.74, 6) is -1.14. The van der Waals surface area contributed by atoms with Crippen LogP contribution >= 0.6 is 15.9 Å². The van der Waals surface area contributed by atoms with Crippen LogP contribution in [-0.4, -0.2) is 36.3 Å². The highest BCUT2D eigenvalue weighted by Gasteiger charge is 2.21. The highest BCUT2D eigenvalue weighted by Crippen LogP contribution is 2.21. The lowest BCUT2D eigenvalue weighted by atomic mass is 10.2. The van der Waals surface area contributed by atoms with Crippen LogP contribution in [0, 0.1) is 5.82 Å². The standard InChI is InChI=1S/C18H19BrFN3O2/c1-12(18(25)22-16-10-6-4-8-14(16)20)23(2)11-17(24)21-15-9-5-3-7-13(15)19/h3-10,12H,11H2,1-2H3,(H,21,24)(H,22,25)/t12-/m1/s1. The molecule has 0 saturated heterocycles. The molecule has 0 heterocycles. The van der Waals surface area contributed by atoms with Gasteiger partial charge in [-0.1, -0.05) is 24.3 Å². The van der Waals surface area contributed by atoms with Crippen molar-refractivity contribution in [2.45, 2.75) is 13.0 Å². The van der Waals surface area contributed by atoms with Crippen LogP contribution < -0.4 is 10.6 Å². The van der Waals surface area contributed by atoms with Crippen LogP contribution in [0.3, 0.4) is 0 Å². The van der Waals surface area contributed by atoms with E-state index in [9.17, 15) is 14.0 Å². The van der Waals surface area contributed by atoms with Crippen molar-refractivity contribution >= 4 is 39.1 Å². The van der Waals surface area contributed by atoms with E-state index in [2.05, 4.69) is 26.6 Å². The van der Waals surface area contributed by atoms with Crippen molar-refractivity contribution in [3.8, 4) is 0 Å². The van der Waals surface area contributed by atoms with Gasteiger partial charge >= 0.3 is 0 Å². The van der Waals surface area contributed by atoms with Crippen LogP contribution in [0.1, 0.15) is 6.92 Å². The molecule has 132 valence electrons. The van der Waals surface area contributed by atoms with E-state index in [1.165, 1.54) is 12.1 Å². The fourth-order valence-corrected chi connectivity index (χ4v) is 2.50. The fourth-order valence-electron chi connectivity index (χ4n) is 2.12. The van der Waals surface area contributed by atoms with Gasteiger partial charge in [-0.05, 0) is 54.2 Å². The number of likely N-dealkylation sites (N-methyl/N-ethyl adjacent to an activating group) is 1. The van der Waals surface area contributed by atoms with Gasteiger partial charge in [0.2, 0.25) is 11.8 Å². The number of nitrogens with zero attached hydrogens (tertiary/aromatic N) is 1. The molecule has 0 spiro atoms. The highest BCUT2D eigenvalue weighted by atomic mass is 79.9. The first kappa shape index (κ1) is 19.1. The molecular formula is C18H19BrFN3O2. The Bertz CT molecular complexity index is 769. The maximum atomic E-state index is 13.6. The molecule has 0 unspecified atom stereocenters. The van der Waals surface area contributed by atoms with E-state index in [0.717, 1.165) is 4.47 Å². The summed E-state index contributed by atoms with van der Waals surface area (Å²) in [4.78, 5) is 26.0. The summed E-state index contributed by atoms with van der Waals surface area (Å²) in [6.45, 7) is 1.68. The smallest absolute Gasteiger partial charge is 0.241 e. The molecule has 1 atom stereocenters. The first-order valence-electron chi connectivity index (χ1n) is 7.68. The molecule has 7 heteroatoms. The minimum Gasteiger partial charge on any atom is -0.324 e. The lowest BCUT2D eigenvalue weighted by Gasteiger charge is -2.23. The first-order valence-corrected chi connectivity index (χ1v) is 8.48. The van der Waals surface area contributed by atoms with E-state index in [0.29, 0.717) is 5.69 Å². The maximum Gasteiger partial charge on any atom is 0.241 e. The van der Waals surface area contributed by atoms with Gasteiger partial charge in [-0.15, -0.1) is 0 Å². The Balaban J connectivity index is 1.92. The van der Waals surface area contributed by atoms with E-state index in [4.69, 9.17) is 0 Å². The lowest BCUT2D eigenvalue weighted by molar-refractivity contribution is -0.122. The van der Waals surface area contributed by atoms with Crippen molar-refractivity contribution in [1.29, 1.82) is 0 Å². The van der Waals surface area contributed by atoms with Gasteiger partial charge in [0.25, 0.3) is 0 Å². The highest BCUT2D eigenvalue weighted by molar-refractivity contribution is 9.10. The predicted molar refractivity (Wildman–Crippen MR) is 99.9 cm³/mol. The van der Waals surface area contributed by atoms with E-state index < -0.39 is 11.9 Å². The molecule has 25 heavy (non-hydrogen) atoms. The summed E-state index contributed by atoms with van der Waals surface area (Å²) in [6.07, 6.45) is 0. The number of carbonyl (C=O) groups excluding carboxylic acids is 2. The third-order valence-electron chi connectivity index (χ3n) is 3.71. The van der Waals surface area contributed by atoms with Gasteiger partial charge in [0, 0.05) is 4.47 Å². The number of halogens is 2. The van der Waals surface area contributed by atoms with Crippen LogP contribution in [0.2, 0.25) is 0 Å². The Morgan fingerprint density at radius 1 is 1.08 bits per heavy atom. The summed E-state index contributed by atoms with van der Waals surface area (Å²) in [5.41, 5.74) is 0.773. The second kappa shape index (κ2) is 8.73. The molecule has 5 nitrogen and oxygen atoms in total. The zero-order valence-electron chi connectivity index (χ0n) is 13.9. The number of hydrogen-bond donors (Lipinski definition) is 2. The van der Waals surface area contributed by atoms with Crippen molar-refractivity contribution in [2.24, 2.45) is 0 Å². The van der Waals surface area contributed by atoms with Crippen LogP contribution in [-0.2, 0) is 9.59 Å². The Labute approximate surface area is 154 Å². The summed E-state index contributed by atoms with van der Waals surface area (Å²) < 4.78 is 14.4. The number of carbonyl (C=O) groups is 2. The van der Waals surface area contributed by atoms with E-state index in [-0.39, 0.29) is 24.0 Å². The van der Waals surface area contributed by atoms with Gasteiger partial charge in [0.15, 0.2) is 0 Å². The van der Waals surface area contributed by atoms with Gasteiger partial charge in [-0.25, -0.2) is 4.39 Å². The Hall–Kier alpha value is -2.25. The molecule has 0 fully saturated rings. The topological polar surface area (TPSA) is 61.4 Å². The molecule has 2 amide bonds. The van der Waals surface area contributed by atoms with Gasteiger partial charge in [0.05, 0.1) is 24.0 Å². The molecule has 0 aliphatic heterocycles. The molecule has 0 aliphatic rings. The van der Waals surface area contributed by atoms with Crippen LogP contribution in [0.25, 0.3) is 0 Å². The molecule has 0 radical (unpaired) electrons. The zero-order chi connectivity index (χ0) is 18.4. The number of rotatable bonds is 6. The molecule has 0 aliphatic carbocycles. The fraction of sp³-hybridized carbons (Fsp3) is 0.222. The van der Waals surface area contributed by atoms with Gasteiger partial charge in [0.1, 0.15) is 5.82 Å². The second-order valence-electron chi connectivity index (χ2n) is 5.59. The summed E-state index contributed by atoms with van der Waals surface area (Å²) in [6, 6.07) is 12.6. The number of amides is 2. The number of benzene rings is 2. The average molecular weight is 408 g/mol. The number of para-hydroxylation sites is 2. The molecule has 2 rings (SSSR count). The number of hydrogen-bond acceptors (Lipinski definition) is 3. The van der Waals surface area contributed by atoms with Crippen molar-refractivity contribution in [3.05, 3.63) is 58.8 Å². The Kier molecular flexibility index (Phi) is 6.66. The van der Waals surface area contributed by atoms with E-state index in [1.54, 1.807) is 37.1 Å². The normalized spacial score (nSPS) is 11.9. The van der Waals surface area contributed by atoms with Crippen molar-refractivity contribution in [3.63, 3.8) is 0 Å². The maximum absolute atomic E-state index is 13.6. The Morgan fingerprint density at radius 2 is 1.68 bits per heavy atom. The third kappa shape index (κ3) is 5.37. The van der Waals surface area contributed by atoms with Crippen molar-refractivity contribution in [2.75, 3.05) is 24.2 Å².